The molecule has 0 aliphatic carbocycles. The summed E-state index contributed by atoms with van der Waals surface area (Å²) < 4.78 is 2.19. The summed E-state index contributed by atoms with van der Waals surface area (Å²) in [6.45, 7) is 2.18. The Morgan fingerprint density at radius 2 is 1.95 bits per heavy atom. The monoisotopic (exact) mass is 290 g/mol. The van der Waals surface area contributed by atoms with Crippen molar-refractivity contribution < 1.29 is 0 Å². The largest absolute Gasteiger partial charge is 0.351 e. The van der Waals surface area contributed by atoms with Crippen LogP contribution in [0.5, 0.6) is 0 Å². The fourth-order valence-corrected chi connectivity index (χ4v) is 3.84. The summed E-state index contributed by atoms with van der Waals surface area (Å²) in [6.07, 6.45) is 4.46. The van der Waals surface area contributed by atoms with Gasteiger partial charge in [0.05, 0.1) is 0 Å². The topological polar surface area (TPSA) is 17.0 Å². The number of nitrogens with one attached hydrogen (secondary N) is 1. The van der Waals surface area contributed by atoms with Gasteiger partial charge in [0.1, 0.15) is 0 Å². The summed E-state index contributed by atoms with van der Waals surface area (Å²) in [5.41, 5.74) is 4.44. The second-order valence-electron chi connectivity index (χ2n) is 6.57. The number of nitrogens with zero attached hydrogens (tertiary/aromatic N) is 1. The molecule has 112 valence electrons. The summed E-state index contributed by atoms with van der Waals surface area (Å²) in [5, 5.41) is 4.93. The number of benzene rings is 2. The van der Waals surface area contributed by atoms with E-state index in [1.54, 1.807) is 0 Å². The van der Waals surface area contributed by atoms with Gasteiger partial charge < -0.3 is 9.88 Å². The molecule has 0 radical (unpaired) electrons. The van der Waals surface area contributed by atoms with Gasteiger partial charge in [-0.1, -0.05) is 36.4 Å². The number of rotatable bonds is 3. The van der Waals surface area contributed by atoms with Crippen LogP contribution in [0.3, 0.4) is 0 Å². The van der Waals surface area contributed by atoms with E-state index in [-0.39, 0.29) is 5.41 Å². The van der Waals surface area contributed by atoms with Gasteiger partial charge in [0.15, 0.2) is 0 Å². The zero-order valence-electron chi connectivity index (χ0n) is 13.0. The predicted octanol–water partition coefficient (Wildman–Crippen LogP) is 3.65. The molecule has 2 nitrogen and oxygen atoms in total. The number of aromatic nitrogens is 1. The lowest BCUT2D eigenvalue weighted by Gasteiger charge is -2.29. The second-order valence-corrected chi connectivity index (χ2v) is 6.57. The molecule has 1 aromatic heterocycles. The number of hydrogen-bond donors (Lipinski definition) is 1. The number of fused-ring (bicyclic) bond motifs is 1. The molecule has 2 heteroatoms. The van der Waals surface area contributed by atoms with Gasteiger partial charge in [-0.05, 0) is 54.1 Å². The van der Waals surface area contributed by atoms with Crippen LogP contribution in [0.1, 0.15) is 17.5 Å². The van der Waals surface area contributed by atoms with Crippen LogP contribution in [0, 0.1) is 0 Å². The highest BCUT2D eigenvalue weighted by Gasteiger charge is 2.35. The van der Waals surface area contributed by atoms with Crippen LogP contribution < -0.4 is 5.32 Å². The average molecular weight is 290 g/mol. The van der Waals surface area contributed by atoms with Crippen molar-refractivity contribution in [2.45, 2.75) is 18.3 Å². The molecule has 22 heavy (non-hydrogen) atoms. The van der Waals surface area contributed by atoms with Gasteiger partial charge >= 0.3 is 0 Å². The lowest BCUT2D eigenvalue weighted by molar-refractivity contribution is 0.468. The fraction of sp³-hybridized carbons (Fsp3) is 0.300. The Morgan fingerprint density at radius 3 is 2.73 bits per heavy atom. The van der Waals surface area contributed by atoms with Gasteiger partial charge in [-0.3, -0.25) is 0 Å². The smallest absolute Gasteiger partial charge is 0.0477 e. The van der Waals surface area contributed by atoms with Gasteiger partial charge in [-0.15, -0.1) is 0 Å². The van der Waals surface area contributed by atoms with E-state index >= 15 is 0 Å². The van der Waals surface area contributed by atoms with E-state index in [2.05, 4.69) is 77.7 Å². The SMILES string of the molecule is Cn1ccc2cc([C@]3(Cc4ccccc4)CCNC3)ccc21. The maximum absolute atomic E-state index is 3.58. The molecule has 0 saturated carbocycles. The van der Waals surface area contributed by atoms with E-state index in [4.69, 9.17) is 0 Å². The Balaban J connectivity index is 1.76. The molecule has 1 saturated heterocycles. The van der Waals surface area contributed by atoms with Crippen LogP contribution in [0.15, 0.2) is 60.8 Å². The minimum Gasteiger partial charge on any atom is -0.351 e. The summed E-state index contributed by atoms with van der Waals surface area (Å²) in [4.78, 5) is 0. The van der Waals surface area contributed by atoms with Crippen LogP contribution in [-0.2, 0) is 18.9 Å². The molecule has 1 fully saturated rings. The Labute approximate surface area is 131 Å². The summed E-state index contributed by atoms with van der Waals surface area (Å²) >= 11 is 0. The van der Waals surface area contributed by atoms with Crippen molar-refractivity contribution in [1.82, 2.24) is 9.88 Å². The summed E-state index contributed by atoms with van der Waals surface area (Å²) in [6, 6.07) is 20.1. The van der Waals surface area contributed by atoms with E-state index in [1.807, 2.05) is 0 Å². The second kappa shape index (κ2) is 5.29. The molecule has 1 N–H and O–H groups in total. The van der Waals surface area contributed by atoms with Gasteiger partial charge in [0.2, 0.25) is 0 Å². The molecule has 1 aliphatic rings. The van der Waals surface area contributed by atoms with Crippen molar-refractivity contribution in [3.8, 4) is 0 Å². The first-order valence-electron chi connectivity index (χ1n) is 8.07. The number of aryl methyl sites for hydroxylation is 1. The molecule has 0 unspecified atom stereocenters. The third-order valence-electron chi connectivity index (χ3n) is 5.13. The Kier molecular flexibility index (Phi) is 3.27. The summed E-state index contributed by atoms with van der Waals surface area (Å²) in [5.74, 6) is 0. The molecule has 0 spiro atoms. The highest BCUT2D eigenvalue weighted by atomic mass is 14.9. The van der Waals surface area contributed by atoms with E-state index in [9.17, 15) is 0 Å². The standard InChI is InChI=1S/C20H22N2/c1-22-12-9-17-13-18(7-8-19(17)22)20(10-11-21-15-20)14-16-5-3-2-4-6-16/h2-9,12-13,21H,10-11,14-15H2,1H3/t20-/m0/s1. The molecular weight excluding hydrogens is 268 g/mol. The van der Waals surface area contributed by atoms with Gasteiger partial charge in [-0.2, -0.15) is 0 Å². The highest BCUT2D eigenvalue weighted by Crippen LogP contribution is 2.36. The van der Waals surface area contributed by atoms with Gasteiger partial charge in [0.25, 0.3) is 0 Å². The first-order chi connectivity index (χ1) is 10.8. The third kappa shape index (κ3) is 2.24. The molecule has 3 aromatic rings. The van der Waals surface area contributed by atoms with Crippen LogP contribution >= 0.6 is 0 Å². The van der Waals surface area contributed by atoms with Crippen molar-refractivity contribution in [1.29, 1.82) is 0 Å². The lowest BCUT2D eigenvalue weighted by Crippen LogP contribution is -2.31. The summed E-state index contributed by atoms with van der Waals surface area (Å²) in [7, 11) is 2.11. The maximum Gasteiger partial charge on any atom is 0.0477 e. The fourth-order valence-electron chi connectivity index (χ4n) is 3.84. The molecule has 1 atom stereocenters. The Morgan fingerprint density at radius 1 is 1.09 bits per heavy atom. The molecule has 2 aromatic carbocycles. The van der Waals surface area contributed by atoms with Crippen molar-refractivity contribution >= 4 is 10.9 Å². The molecular formula is C20H22N2. The first kappa shape index (κ1) is 13.6. The molecule has 2 heterocycles. The molecule has 4 rings (SSSR count). The highest BCUT2D eigenvalue weighted by molar-refractivity contribution is 5.81. The van der Waals surface area contributed by atoms with E-state index in [0.29, 0.717) is 0 Å². The minimum atomic E-state index is 0.228. The van der Waals surface area contributed by atoms with E-state index in [1.165, 1.54) is 28.5 Å². The van der Waals surface area contributed by atoms with Gasteiger partial charge in [0, 0.05) is 30.7 Å². The Hall–Kier alpha value is -2.06. The van der Waals surface area contributed by atoms with Crippen molar-refractivity contribution in [2.75, 3.05) is 13.1 Å². The van der Waals surface area contributed by atoms with Crippen LogP contribution in [0.4, 0.5) is 0 Å². The maximum atomic E-state index is 3.58. The minimum absolute atomic E-state index is 0.228. The van der Waals surface area contributed by atoms with E-state index in [0.717, 1.165) is 19.5 Å². The molecule has 0 bridgehead atoms. The van der Waals surface area contributed by atoms with E-state index < -0.39 is 0 Å². The quantitative estimate of drug-likeness (QED) is 0.779. The third-order valence-corrected chi connectivity index (χ3v) is 5.13. The van der Waals surface area contributed by atoms with Crippen LogP contribution in [-0.4, -0.2) is 17.7 Å². The van der Waals surface area contributed by atoms with Crippen LogP contribution in [0.25, 0.3) is 10.9 Å². The zero-order chi connectivity index (χ0) is 15.0. The van der Waals surface area contributed by atoms with Crippen molar-refractivity contribution in [3.63, 3.8) is 0 Å². The first-order valence-corrected chi connectivity index (χ1v) is 8.07. The predicted molar refractivity (Wildman–Crippen MR) is 92.2 cm³/mol. The van der Waals surface area contributed by atoms with Gasteiger partial charge in [-0.25, -0.2) is 0 Å². The van der Waals surface area contributed by atoms with Crippen molar-refractivity contribution in [2.24, 2.45) is 7.05 Å². The normalized spacial score (nSPS) is 21.5. The van der Waals surface area contributed by atoms with Crippen LogP contribution in [0.2, 0.25) is 0 Å². The lowest BCUT2D eigenvalue weighted by atomic mass is 9.74. The zero-order valence-corrected chi connectivity index (χ0v) is 13.0. The Bertz CT molecular complexity index is 780. The average Bonchev–Trinajstić information content (AvgIpc) is 3.16. The van der Waals surface area contributed by atoms with Crippen molar-refractivity contribution in [3.05, 3.63) is 71.9 Å². The molecule has 1 aliphatic heterocycles. The number of hydrogen-bond acceptors (Lipinski definition) is 1. The molecule has 0 amide bonds.